The van der Waals surface area contributed by atoms with Crippen LogP contribution in [-0.2, 0) is 21.4 Å². The Morgan fingerprint density at radius 1 is 1.00 bits per heavy atom. The van der Waals surface area contributed by atoms with Crippen LogP contribution in [0.3, 0.4) is 0 Å². The minimum atomic E-state index is -3.76. The van der Waals surface area contributed by atoms with Crippen LogP contribution in [0.2, 0.25) is 0 Å². The third-order valence-corrected chi connectivity index (χ3v) is 8.68. The number of carbonyl (C=O) groups is 2. The van der Waals surface area contributed by atoms with Gasteiger partial charge in [-0.1, -0.05) is 24.3 Å². The smallest absolute Gasteiger partial charge is 0.261 e. The van der Waals surface area contributed by atoms with Gasteiger partial charge in [0.25, 0.3) is 15.9 Å². The van der Waals surface area contributed by atoms with Gasteiger partial charge in [-0.15, -0.1) is 11.8 Å². The number of carbonyl (C=O) groups excluding carboxylic acids is 2. The molecule has 2 heterocycles. The van der Waals surface area contributed by atoms with E-state index in [1.54, 1.807) is 59.7 Å². The minimum Gasteiger partial charge on any atom is -0.467 e. The Kier molecular flexibility index (Phi) is 7.26. The van der Waals surface area contributed by atoms with Crippen LogP contribution < -0.4 is 10.0 Å². The van der Waals surface area contributed by atoms with E-state index in [0.717, 1.165) is 11.1 Å². The van der Waals surface area contributed by atoms with E-state index in [2.05, 4.69) is 10.0 Å². The maximum Gasteiger partial charge on any atom is 0.261 e. The number of nitrogens with one attached hydrogen (secondary N) is 2. The van der Waals surface area contributed by atoms with Gasteiger partial charge in [-0.25, -0.2) is 8.42 Å². The number of hydrogen-bond acceptors (Lipinski definition) is 6. The first-order valence-electron chi connectivity index (χ1n) is 11.8. The fourth-order valence-corrected chi connectivity index (χ4v) is 6.35. The lowest BCUT2D eigenvalue weighted by Gasteiger charge is -2.23. The number of aryl methyl sites for hydroxylation is 1. The molecule has 3 aromatic carbocycles. The van der Waals surface area contributed by atoms with Crippen LogP contribution >= 0.6 is 11.8 Å². The topological polar surface area (TPSA) is 109 Å². The summed E-state index contributed by atoms with van der Waals surface area (Å²) in [6, 6.07) is 23.8. The Labute approximate surface area is 225 Å². The van der Waals surface area contributed by atoms with E-state index in [1.807, 2.05) is 31.2 Å². The summed E-state index contributed by atoms with van der Waals surface area (Å²) in [5, 5.41) is 2.63. The summed E-state index contributed by atoms with van der Waals surface area (Å²) in [4.78, 5) is 27.1. The van der Waals surface area contributed by atoms with E-state index in [1.165, 1.54) is 23.9 Å². The molecular weight excluding hydrogens is 522 g/mol. The summed E-state index contributed by atoms with van der Waals surface area (Å²) in [6.07, 6.45) is 1.58. The maximum absolute atomic E-state index is 12.8. The first-order chi connectivity index (χ1) is 18.3. The molecule has 1 aliphatic heterocycles. The molecule has 194 valence electrons. The molecule has 8 nitrogen and oxygen atoms in total. The zero-order valence-corrected chi connectivity index (χ0v) is 22.1. The summed E-state index contributed by atoms with van der Waals surface area (Å²) < 4.78 is 33.4. The highest BCUT2D eigenvalue weighted by atomic mass is 32.2. The standard InChI is InChI=1S/C28H25N3O5S2/c1-19-4-2-5-23(16-19)30-38(34,35)25-13-11-22(12-14-25)29-27(33)20-7-9-21(10-8-20)28-31(26(32)18-37-28)17-24-6-3-15-36-24/h2-16,28,30H,17-18H2,1H3,(H,29,33)/t28-/m1/s1. The van der Waals surface area contributed by atoms with Crippen molar-refractivity contribution in [2.24, 2.45) is 0 Å². The predicted octanol–water partition coefficient (Wildman–Crippen LogP) is 5.42. The first kappa shape index (κ1) is 25.6. The van der Waals surface area contributed by atoms with Crippen LogP contribution in [0.4, 0.5) is 11.4 Å². The van der Waals surface area contributed by atoms with Gasteiger partial charge in [-0.2, -0.15) is 0 Å². The number of benzene rings is 3. The predicted molar refractivity (Wildman–Crippen MR) is 147 cm³/mol. The second-order valence-electron chi connectivity index (χ2n) is 8.84. The molecule has 1 fully saturated rings. The van der Waals surface area contributed by atoms with Crippen molar-refractivity contribution in [3.8, 4) is 0 Å². The van der Waals surface area contributed by atoms with Gasteiger partial charge < -0.3 is 14.6 Å². The van der Waals surface area contributed by atoms with Crippen LogP contribution in [0.1, 0.15) is 32.6 Å². The van der Waals surface area contributed by atoms with Gasteiger partial charge in [0.2, 0.25) is 5.91 Å². The molecule has 0 saturated carbocycles. The van der Waals surface area contributed by atoms with E-state index in [9.17, 15) is 18.0 Å². The largest absolute Gasteiger partial charge is 0.467 e. The quantitative estimate of drug-likeness (QED) is 0.305. The summed E-state index contributed by atoms with van der Waals surface area (Å²) in [5.74, 6) is 0.817. The summed E-state index contributed by atoms with van der Waals surface area (Å²) in [5.41, 5.74) is 3.25. The number of nitrogens with zero attached hydrogens (tertiary/aromatic N) is 1. The van der Waals surface area contributed by atoms with Crippen molar-refractivity contribution in [3.63, 3.8) is 0 Å². The van der Waals surface area contributed by atoms with E-state index >= 15 is 0 Å². The lowest BCUT2D eigenvalue weighted by atomic mass is 10.1. The maximum atomic E-state index is 12.8. The van der Waals surface area contributed by atoms with E-state index in [-0.39, 0.29) is 22.1 Å². The van der Waals surface area contributed by atoms with Gasteiger partial charge in [0.1, 0.15) is 11.1 Å². The van der Waals surface area contributed by atoms with Crippen molar-refractivity contribution in [2.75, 3.05) is 15.8 Å². The Bertz CT molecular complexity index is 1550. The number of rotatable bonds is 8. The molecule has 5 rings (SSSR count). The van der Waals surface area contributed by atoms with Crippen molar-refractivity contribution in [1.82, 2.24) is 4.90 Å². The van der Waals surface area contributed by atoms with Crippen molar-refractivity contribution in [3.05, 3.63) is 114 Å². The van der Waals surface area contributed by atoms with Gasteiger partial charge in [0.15, 0.2) is 0 Å². The molecule has 0 unspecified atom stereocenters. The number of thioether (sulfide) groups is 1. The summed E-state index contributed by atoms with van der Waals surface area (Å²) in [6.45, 7) is 2.27. The molecule has 10 heteroatoms. The molecule has 1 saturated heterocycles. The van der Waals surface area contributed by atoms with Gasteiger partial charge in [0, 0.05) is 16.9 Å². The number of hydrogen-bond donors (Lipinski definition) is 2. The SMILES string of the molecule is Cc1cccc(NS(=O)(=O)c2ccc(NC(=O)c3ccc([C@H]4SCC(=O)N4Cc4ccco4)cc3)cc2)c1. The third kappa shape index (κ3) is 5.76. The number of amides is 2. The van der Waals surface area contributed by atoms with Crippen molar-refractivity contribution < 1.29 is 22.4 Å². The average Bonchev–Trinajstić information content (AvgIpc) is 3.54. The fraction of sp³-hybridized carbons (Fsp3) is 0.143. The van der Waals surface area contributed by atoms with E-state index < -0.39 is 10.0 Å². The lowest BCUT2D eigenvalue weighted by molar-refractivity contribution is -0.128. The normalized spacial score (nSPS) is 15.4. The third-order valence-electron chi connectivity index (χ3n) is 6.03. The Balaban J connectivity index is 1.23. The van der Waals surface area contributed by atoms with Crippen molar-refractivity contribution >= 4 is 45.0 Å². The lowest BCUT2D eigenvalue weighted by Crippen LogP contribution is -2.27. The molecule has 0 aliphatic carbocycles. The molecule has 1 aliphatic rings. The van der Waals surface area contributed by atoms with Crippen molar-refractivity contribution in [2.45, 2.75) is 23.7 Å². The molecule has 0 radical (unpaired) electrons. The molecule has 1 atom stereocenters. The van der Waals surface area contributed by atoms with Gasteiger partial charge in [0.05, 0.1) is 23.5 Å². The Morgan fingerprint density at radius 2 is 1.76 bits per heavy atom. The van der Waals surface area contributed by atoms with Crippen LogP contribution in [0, 0.1) is 6.92 Å². The van der Waals surface area contributed by atoms with E-state index in [4.69, 9.17) is 4.42 Å². The van der Waals surface area contributed by atoms with Crippen LogP contribution in [0.25, 0.3) is 0 Å². The number of anilines is 2. The van der Waals surface area contributed by atoms with Crippen molar-refractivity contribution in [1.29, 1.82) is 0 Å². The van der Waals surface area contributed by atoms with Gasteiger partial charge in [-0.05, 0) is 78.7 Å². The molecule has 4 aromatic rings. The summed E-state index contributed by atoms with van der Waals surface area (Å²) in [7, 11) is -3.76. The number of furan rings is 1. The highest BCUT2D eigenvalue weighted by Gasteiger charge is 2.33. The number of sulfonamides is 1. The Hall–Kier alpha value is -4.02. The zero-order chi connectivity index (χ0) is 26.7. The van der Waals surface area contributed by atoms with Gasteiger partial charge >= 0.3 is 0 Å². The van der Waals surface area contributed by atoms with Crippen LogP contribution in [0.5, 0.6) is 0 Å². The minimum absolute atomic E-state index is 0.0396. The van der Waals surface area contributed by atoms with Crippen LogP contribution in [0.15, 0.2) is 101 Å². The highest BCUT2D eigenvalue weighted by molar-refractivity contribution is 8.00. The molecule has 0 spiro atoms. The van der Waals surface area contributed by atoms with Gasteiger partial charge in [-0.3, -0.25) is 14.3 Å². The highest BCUT2D eigenvalue weighted by Crippen LogP contribution is 2.39. The molecule has 0 bridgehead atoms. The molecular formula is C28H25N3O5S2. The molecule has 2 N–H and O–H groups in total. The first-order valence-corrected chi connectivity index (χ1v) is 14.4. The molecule has 2 amide bonds. The zero-order valence-electron chi connectivity index (χ0n) is 20.5. The molecule has 38 heavy (non-hydrogen) atoms. The van der Waals surface area contributed by atoms with E-state index in [0.29, 0.717) is 35.0 Å². The Morgan fingerprint density at radius 3 is 2.45 bits per heavy atom. The second-order valence-corrected chi connectivity index (χ2v) is 11.6. The second kappa shape index (κ2) is 10.8. The fourth-order valence-electron chi connectivity index (χ4n) is 4.11. The summed E-state index contributed by atoms with van der Waals surface area (Å²) >= 11 is 1.53. The molecule has 1 aromatic heterocycles. The average molecular weight is 548 g/mol. The monoisotopic (exact) mass is 547 g/mol. The van der Waals surface area contributed by atoms with Crippen LogP contribution in [-0.4, -0.2) is 30.9 Å².